The number of nitrogens with zero attached hydrogens (tertiary/aromatic N) is 1. The van der Waals surface area contributed by atoms with Crippen molar-refractivity contribution in [1.29, 1.82) is 0 Å². The second kappa shape index (κ2) is 8.41. The van der Waals surface area contributed by atoms with Crippen molar-refractivity contribution in [2.75, 3.05) is 39.2 Å². The van der Waals surface area contributed by atoms with Gasteiger partial charge in [-0.2, -0.15) is 0 Å². The van der Waals surface area contributed by atoms with Gasteiger partial charge in [0.15, 0.2) is 11.5 Å². The number of rotatable bonds is 8. The van der Waals surface area contributed by atoms with Crippen LogP contribution in [0.3, 0.4) is 0 Å². The number of benzene rings is 2. The van der Waals surface area contributed by atoms with Crippen molar-refractivity contribution < 1.29 is 14.2 Å². The monoisotopic (exact) mass is 540 g/mol. The molecular formula is C35H44N2O3. The standard InChI is InChI=1S/C35H44N2O3/c1-38-28-12-11-25-18-29-33-13-14-35(39-2,27(19-33)24-7-4-8-26(17-24)36-20-22-5-3-6-22)32-34(33,30(25)31(28)40-32)15-16-37(29)21-23-9-10-23/h4,7-8,11-12,17,22-23,27,29,32,36H,3,5-6,9-10,13-16,18-21H2,1-2H3/t27-,29-,32-,33-,34+,35-/m1/s1. The Hall–Kier alpha value is -2.24. The van der Waals surface area contributed by atoms with Crippen molar-refractivity contribution in [2.24, 2.45) is 17.3 Å². The van der Waals surface area contributed by atoms with E-state index in [0.29, 0.717) is 12.0 Å². The van der Waals surface area contributed by atoms with E-state index in [4.69, 9.17) is 14.2 Å². The van der Waals surface area contributed by atoms with E-state index in [-0.39, 0.29) is 22.5 Å². The highest BCUT2D eigenvalue weighted by Crippen LogP contribution is 2.78. The largest absolute Gasteiger partial charge is 0.493 e. The summed E-state index contributed by atoms with van der Waals surface area (Å²) in [5.41, 5.74) is 5.58. The van der Waals surface area contributed by atoms with E-state index in [9.17, 15) is 0 Å². The van der Waals surface area contributed by atoms with Crippen LogP contribution < -0.4 is 14.8 Å². The van der Waals surface area contributed by atoms with E-state index in [1.165, 1.54) is 86.8 Å². The highest BCUT2D eigenvalue weighted by atomic mass is 16.6. The molecule has 0 amide bonds. The van der Waals surface area contributed by atoms with Crippen LogP contribution in [-0.2, 0) is 16.6 Å². The lowest BCUT2D eigenvalue weighted by Crippen LogP contribution is -2.80. The number of piperidine rings is 1. The fraction of sp³-hybridized carbons (Fsp3) is 0.657. The van der Waals surface area contributed by atoms with E-state index in [2.05, 4.69) is 46.6 Å². The van der Waals surface area contributed by atoms with E-state index < -0.39 is 0 Å². The molecule has 1 N–H and O–H groups in total. The zero-order valence-corrected chi connectivity index (χ0v) is 24.2. The van der Waals surface area contributed by atoms with Crippen molar-refractivity contribution in [3.63, 3.8) is 0 Å². The molecule has 4 bridgehead atoms. The van der Waals surface area contributed by atoms with Crippen LogP contribution in [0.25, 0.3) is 0 Å². The molecule has 40 heavy (non-hydrogen) atoms. The molecule has 0 aromatic heterocycles. The number of ether oxygens (including phenoxy) is 3. The summed E-state index contributed by atoms with van der Waals surface area (Å²) in [6.45, 7) is 3.56. The number of fused-ring (bicyclic) bond motifs is 2. The zero-order valence-electron chi connectivity index (χ0n) is 24.2. The van der Waals surface area contributed by atoms with Gasteiger partial charge >= 0.3 is 0 Å². The highest BCUT2D eigenvalue weighted by molar-refractivity contribution is 5.64. The Kier molecular flexibility index (Phi) is 5.12. The minimum Gasteiger partial charge on any atom is -0.493 e. The number of methoxy groups -OCH3 is 2. The summed E-state index contributed by atoms with van der Waals surface area (Å²) in [5, 5.41) is 3.79. The summed E-state index contributed by atoms with van der Waals surface area (Å²) in [7, 11) is 3.76. The predicted molar refractivity (Wildman–Crippen MR) is 157 cm³/mol. The van der Waals surface area contributed by atoms with Crippen LogP contribution in [0, 0.1) is 17.3 Å². The molecule has 1 saturated heterocycles. The van der Waals surface area contributed by atoms with Crippen LogP contribution in [0.5, 0.6) is 11.5 Å². The van der Waals surface area contributed by atoms with Crippen molar-refractivity contribution in [2.45, 2.75) is 93.3 Å². The Bertz CT molecular complexity index is 1350. The Morgan fingerprint density at radius 3 is 2.70 bits per heavy atom. The van der Waals surface area contributed by atoms with Gasteiger partial charge in [-0.3, -0.25) is 4.90 Å². The Balaban J connectivity index is 1.18. The lowest BCUT2D eigenvalue weighted by atomic mass is 9.34. The van der Waals surface area contributed by atoms with Gasteiger partial charge < -0.3 is 19.5 Å². The summed E-state index contributed by atoms with van der Waals surface area (Å²) >= 11 is 0. The van der Waals surface area contributed by atoms with E-state index >= 15 is 0 Å². The molecule has 6 aliphatic carbocycles. The smallest absolute Gasteiger partial charge is 0.165 e. The Morgan fingerprint density at radius 2 is 1.93 bits per heavy atom. The number of nitrogens with one attached hydrogen (secondary N) is 1. The van der Waals surface area contributed by atoms with Crippen molar-refractivity contribution in [3.05, 3.63) is 53.1 Å². The molecule has 0 radical (unpaired) electrons. The molecule has 2 aromatic rings. The minimum atomic E-state index is -0.337. The SMILES string of the molecule is COc1ccc2c3c1O[C@H]1[C@@]4(OC)CC[C@@]5(C[C@@H]4c4cccc(NCC6CCC6)c4)[C@@H](C2)N(CC2CC2)CC[C@]315. The van der Waals surface area contributed by atoms with Crippen LogP contribution >= 0.6 is 0 Å². The lowest BCUT2D eigenvalue weighted by Gasteiger charge is -2.74. The second-order valence-electron chi connectivity index (χ2n) is 14.4. The highest BCUT2D eigenvalue weighted by Gasteiger charge is 2.80. The average Bonchev–Trinajstić information content (AvgIpc) is 3.70. The first-order chi connectivity index (χ1) is 19.6. The Labute approximate surface area is 238 Å². The van der Waals surface area contributed by atoms with Crippen LogP contribution in [-0.4, -0.2) is 56.5 Å². The van der Waals surface area contributed by atoms with Crippen LogP contribution in [0.4, 0.5) is 5.69 Å². The van der Waals surface area contributed by atoms with E-state index in [1.807, 2.05) is 7.11 Å². The van der Waals surface area contributed by atoms with E-state index in [0.717, 1.165) is 42.7 Å². The van der Waals surface area contributed by atoms with E-state index in [1.54, 1.807) is 7.11 Å². The van der Waals surface area contributed by atoms with Gasteiger partial charge in [-0.05, 0) is 105 Å². The van der Waals surface area contributed by atoms with Crippen molar-refractivity contribution in [1.82, 2.24) is 4.90 Å². The van der Waals surface area contributed by atoms with Gasteiger partial charge in [-0.1, -0.05) is 24.6 Å². The maximum absolute atomic E-state index is 7.25. The topological polar surface area (TPSA) is 43.0 Å². The predicted octanol–water partition coefficient (Wildman–Crippen LogP) is 6.30. The third-order valence-electron chi connectivity index (χ3n) is 13.0. The summed E-state index contributed by atoms with van der Waals surface area (Å²) in [6, 6.07) is 14.5. The maximum Gasteiger partial charge on any atom is 0.165 e. The summed E-state index contributed by atoms with van der Waals surface area (Å²) in [6.07, 6.45) is 12.8. The number of hydrogen-bond acceptors (Lipinski definition) is 5. The number of hydrogen-bond donors (Lipinski definition) is 1. The molecule has 5 nitrogen and oxygen atoms in total. The van der Waals surface area contributed by atoms with Crippen LogP contribution in [0.2, 0.25) is 0 Å². The second-order valence-corrected chi connectivity index (χ2v) is 14.4. The van der Waals surface area contributed by atoms with Gasteiger partial charge in [0.2, 0.25) is 0 Å². The summed E-state index contributed by atoms with van der Waals surface area (Å²) in [5.74, 6) is 4.00. The van der Waals surface area contributed by atoms with Crippen molar-refractivity contribution >= 4 is 5.69 Å². The first kappa shape index (κ1) is 24.4. The third kappa shape index (κ3) is 2.96. The summed E-state index contributed by atoms with van der Waals surface area (Å²) < 4.78 is 20.0. The molecule has 6 fully saturated rings. The molecule has 2 aliphatic heterocycles. The first-order valence-electron chi connectivity index (χ1n) is 16.1. The molecule has 8 aliphatic rings. The average molecular weight is 541 g/mol. The van der Waals surface area contributed by atoms with Gasteiger partial charge in [0.25, 0.3) is 0 Å². The zero-order chi connectivity index (χ0) is 26.7. The molecule has 2 aromatic carbocycles. The third-order valence-corrected chi connectivity index (χ3v) is 13.0. The van der Waals surface area contributed by atoms with Crippen molar-refractivity contribution in [3.8, 4) is 11.5 Å². The first-order valence-corrected chi connectivity index (χ1v) is 16.1. The number of likely N-dealkylation sites (tertiary alicyclic amines) is 1. The lowest BCUT2D eigenvalue weighted by molar-refractivity contribution is -0.261. The molecule has 2 spiro atoms. The maximum atomic E-state index is 7.25. The molecule has 0 unspecified atom stereocenters. The molecule has 2 heterocycles. The fourth-order valence-corrected chi connectivity index (χ4v) is 10.8. The molecule has 212 valence electrons. The molecule has 5 heteroatoms. The molecule has 6 atom stereocenters. The molecular weight excluding hydrogens is 496 g/mol. The fourth-order valence-electron chi connectivity index (χ4n) is 10.8. The quantitative estimate of drug-likeness (QED) is 0.426. The van der Waals surface area contributed by atoms with Gasteiger partial charge in [-0.25, -0.2) is 0 Å². The minimum absolute atomic E-state index is 0.0139. The molecule has 5 saturated carbocycles. The van der Waals surface area contributed by atoms with Crippen LogP contribution in [0.1, 0.15) is 80.4 Å². The molecule has 10 rings (SSSR count). The summed E-state index contributed by atoms with van der Waals surface area (Å²) in [4.78, 5) is 2.93. The Morgan fingerprint density at radius 1 is 1.02 bits per heavy atom. The normalized spacial score (nSPS) is 38.9. The van der Waals surface area contributed by atoms with Crippen LogP contribution in [0.15, 0.2) is 36.4 Å². The number of anilines is 1. The van der Waals surface area contributed by atoms with Gasteiger partial charge in [-0.15, -0.1) is 0 Å². The van der Waals surface area contributed by atoms with Gasteiger partial charge in [0, 0.05) is 54.2 Å². The van der Waals surface area contributed by atoms with Gasteiger partial charge in [0.1, 0.15) is 11.7 Å². The van der Waals surface area contributed by atoms with Gasteiger partial charge in [0.05, 0.1) is 7.11 Å².